The number of carbonyl (C=O) groups excluding carboxylic acids is 1. The Kier molecular flexibility index (Phi) is 7.06. The third-order valence-electron chi connectivity index (χ3n) is 3.50. The molecule has 116 valence electrons. The van der Waals surface area contributed by atoms with Crippen LogP contribution in [0.25, 0.3) is 0 Å². The summed E-state index contributed by atoms with van der Waals surface area (Å²) in [5.74, 6) is 0.183. The van der Waals surface area contributed by atoms with Gasteiger partial charge in [0.25, 0.3) is 0 Å². The molecular formula is C16H24N2O2S. The number of benzene rings is 1. The molecule has 1 aromatic carbocycles. The molecule has 1 aliphatic heterocycles. The Morgan fingerprint density at radius 2 is 2.14 bits per heavy atom. The van der Waals surface area contributed by atoms with Gasteiger partial charge in [0, 0.05) is 31.6 Å². The van der Waals surface area contributed by atoms with E-state index in [0.717, 1.165) is 50.4 Å². The molecule has 5 heteroatoms. The van der Waals surface area contributed by atoms with Crippen LogP contribution in [0.15, 0.2) is 29.2 Å². The zero-order valence-corrected chi connectivity index (χ0v) is 13.4. The highest BCUT2D eigenvalue weighted by molar-refractivity contribution is 8.00. The summed E-state index contributed by atoms with van der Waals surface area (Å²) in [6.07, 6.45) is 3.18. The SMILES string of the molecule is COCCNCc1ccc(SC2CCCCNC2=O)cc1. The van der Waals surface area contributed by atoms with E-state index in [2.05, 4.69) is 34.9 Å². The fourth-order valence-corrected chi connectivity index (χ4v) is 3.38. The summed E-state index contributed by atoms with van der Waals surface area (Å²) < 4.78 is 5.00. The fraction of sp³-hybridized carbons (Fsp3) is 0.562. The van der Waals surface area contributed by atoms with Crippen LogP contribution in [0.2, 0.25) is 0 Å². The Labute approximate surface area is 131 Å². The highest BCUT2D eigenvalue weighted by Gasteiger charge is 2.21. The van der Waals surface area contributed by atoms with Crippen molar-refractivity contribution >= 4 is 17.7 Å². The average Bonchev–Trinajstić information content (AvgIpc) is 2.70. The number of rotatable bonds is 7. The Balaban J connectivity index is 1.82. The van der Waals surface area contributed by atoms with Crippen molar-refractivity contribution in [3.63, 3.8) is 0 Å². The maximum atomic E-state index is 11.9. The van der Waals surface area contributed by atoms with Gasteiger partial charge in [0.05, 0.1) is 11.9 Å². The van der Waals surface area contributed by atoms with Gasteiger partial charge in [0.2, 0.25) is 5.91 Å². The molecule has 21 heavy (non-hydrogen) atoms. The summed E-state index contributed by atoms with van der Waals surface area (Å²) in [6.45, 7) is 3.25. The van der Waals surface area contributed by atoms with Crippen LogP contribution >= 0.6 is 11.8 Å². The minimum atomic E-state index is 0.0539. The summed E-state index contributed by atoms with van der Waals surface area (Å²) >= 11 is 1.67. The minimum absolute atomic E-state index is 0.0539. The molecule has 1 heterocycles. The maximum absolute atomic E-state index is 11.9. The summed E-state index contributed by atoms with van der Waals surface area (Å²) in [6, 6.07) is 8.46. The van der Waals surface area contributed by atoms with Gasteiger partial charge in [0.15, 0.2) is 0 Å². The summed E-state index contributed by atoms with van der Waals surface area (Å²) in [5, 5.41) is 6.36. The Hall–Kier alpha value is -1.04. The highest BCUT2D eigenvalue weighted by atomic mass is 32.2. The van der Waals surface area contributed by atoms with E-state index in [-0.39, 0.29) is 11.2 Å². The van der Waals surface area contributed by atoms with E-state index in [4.69, 9.17) is 4.74 Å². The van der Waals surface area contributed by atoms with Crippen molar-refractivity contribution in [1.82, 2.24) is 10.6 Å². The van der Waals surface area contributed by atoms with Gasteiger partial charge < -0.3 is 15.4 Å². The van der Waals surface area contributed by atoms with Gasteiger partial charge in [0.1, 0.15) is 0 Å². The van der Waals surface area contributed by atoms with Crippen LogP contribution < -0.4 is 10.6 Å². The van der Waals surface area contributed by atoms with Crippen molar-refractivity contribution in [2.24, 2.45) is 0 Å². The van der Waals surface area contributed by atoms with Crippen LogP contribution in [0, 0.1) is 0 Å². The quantitative estimate of drug-likeness (QED) is 0.758. The van der Waals surface area contributed by atoms with Crippen molar-refractivity contribution in [2.45, 2.75) is 36.0 Å². The van der Waals surface area contributed by atoms with E-state index in [1.165, 1.54) is 5.56 Å². The lowest BCUT2D eigenvalue weighted by molar-refractivity contribution is -0.120. The van der Waals surface area contributed by atoms with Crippen molar-refractivity contribution in [1.29, 1.82) is 0 Å². The summed E-state index contributed by atoms with van der Waals surface area (Å²) in [4.78, 5) is 13.1. The Bertz CT molecular complexity index is 436. The number of thioether (sulfide) groups is 1. The van der Waals surface area contributed by atoms with Crippen LogP contribution in [0.5, 0.6) is 0 Å². The Morgan fingerprint density at radius 1 is 1.33 bits per heavy atom. The molecule has 1 unspecified atom stereocenters. The molecule has 1 aliphatic rings. The van der Waals surface area contributed by atoms with Gasteiger partial charge in [-0.25, -0.2) is 0 Å². The van der Waals surface area contributed by atoms with Gasteiger partial charge in [-0.15, -0.1) is 11.8 Å². The Morgan fingerprint density at radius 3 is 2.90 bits per heavy atom. The van der Waals surface area contributed by atoms with Gasteiger partial charge in [-0.2, -0.15) is 0 Å². The van der Waals surface area contributed by atoms with E-state index >= 15 is 0 Å². The molecule has 1 aromatic rings. The molecule has 4 nitrogen and oxygen atoms in total. The topological polar surface area (TPSA) is 50.4 Å². The lowest BCUT2D eigenvalue weighted by Crippen LogP contribution is -2.30. The molecule has 0 radical (unpaired) electrons. The van der Waals surface area contributed by atoms with Gasteiger partial charge in [-0.3, -0.25) is 4.79 Å². The molecule has 0 saturated carbocycles. The monoisotopic (exact) mass is 308 g/mol. The molecule has 0 spiro atoms. The molecule has 0 aliphatic carbocycles. The minimum Gasteiger partial charge on any atom is -0.383 e. The van der Waals surface area contributed by atoms with Crippen molar-refractivity contribution in [3.05, 3.63) is 29.8 Å². The summed E-state index contributed by atoms with van der Waals surface area (Å²) in [5.41, 5.74) is 1.25. The van der Waals surface area contributed by atoms with E-state index < -0.39 is 0 Å². The number of hydrogen-bond donors (Lipinski definition) is 2. The van der Waals surface area contributed by atoms with Crippen molar-refractivity contribution in [3.8, 4) is 0 Å². The largest absolute Gasteiger partial charge is 0.383 e. The second-order valence-corrected chi connectivity index (χ2v) is 6.48. The third kappa shape index (κ3) is 5.69. The van der Waals surface area contributed by atoms with Crippen LogP contribution in [-0.2, 0) is 16.1 Å². The average molecular weight is 308 g/mol. The third-order valence-corrected chi connectivity index (χ3v) is 4.78. The van der Waals surface area contributed by atoms with Gasteiger partial charge in [-0.1, -0.05) is 18.6 Å². The number of ether oxygens (including phenoxy) is 1. The van der Waals surface area contributed by atoms with Crippen LogP contribution in [0.1, 0.15) is 24.8 Å². The first kappa shape index (κ1) is 16.3. The number of nitrogens with one attached hydrogen (secondary N) is 2. The molecule has 1 atom stereocenters. The zero-order valence-electron chi connectivity index (χ0n) is 12.6. The van der Waals surface area contributed by atoms with Crippen LogP contribution in [-0.4, -0.2) is 38.0 Å². The smallest absolute Gasteiger partial charge is 0.233 e. The van der Waals surface area contributed by atoms with E-state index in [1.54, 1.807) is 18.9 Å². The number of amides is 1. The lowest BCUT2D eigenvalue weighted by atomic mass is 10.2. The van der Waals surface area contributed by atoms with E-state index in [9.17, 15) is 4.79 Å². The van der Waals surface area contributed by atoms with Gasteiger partial charge >= 0.3 is 0 Å². The number of hydrogen-bond acceptors (Lipinski definition) is 4. The summed E-state index contributed by atoms with van der Waals surface area (Å²) in [7, 11) is 1.71. The van der Waals surface area contributed by atoms with Crippen LogP contribution in [0.3, 0.4) is 0 Å². The molecular weight excluding hydrogens is 284 g/mol. The molecule has 1 amide bonds. The van der Waals surface area contributed by atoms with Crippen LogP contribution in [0.4, 0.5) is 0 Å². The molecule has 0 bridgehead atoms. The zero-order chi connectivity index (χ0) is 14.9. The number of methoxy groups -OCH3 is 1. The fourth-order valence-electron chi connectivity index (χ4n) is 2.28. The molecule has 1 fully saturated rings. The highest BCUT2D eigenvalue weighted by Crippen LogP contribution is 2.28. The van der Waals surface area contributed by atoms with E-state index in [0.29, 0.717) is 0 Å². The second kappa shape index (κ2) is 9.07. The maximum Gasteiger partial charge on any atom is 0.233 e. The molecule has 0 aromatic heterocycles. The molecule has 1 saturated heterocycles. The molecule has 2 rings (SSSR count). The first-order chi connectivity index (χ1) is 10.3. The second-order valence-electron chi connectivity index (χ2n) is 5.21. The lowest BCUT2D eigenvalue weighted by Gasteiger charge is -2.13. The normalized spacial score (nSPS) is 19.1. The first-order valence-electron chi connectivity index (χ1n) is 7.52. The van der Waals surface area contributed by atoms with Crippen molar-refractivity contribution < 1.29 is 9.53 Å². The standard InChI is InChI=1S/C16H24N2O2S/c1-20-11-10-17-12-13-5-7-14(8-6-13)21-15-4-2-3-9-18-16(15)19/h5-8,15,17H,2-4,9-12H2,1H3,(H,18,19). The van der Waals surface area contributed by atoms with Gasteiger partial charge in [-0.05, 0) is 30.5 Å². The number of carbonyl (C=O) groups is 1. The van der Waals surface area contributed by atoms with E-state index in [1.807, 2.05) is 0 Å². The predicted molar refractivity (Wildman–Crippen MR) is 86.5 cm³/mol. The predicted octanol–water partition coefficient (Wildman–Crippen LogP) is 2.18. The first-order valence-corrected chi connectivity index (χ1v) is 8.40. The molecule has 2 N–H and O–H groups in total. The van der Waals surface area contributed by atoms with Crippen molar-refractivity contribution in [2.75, 3.05) is 26.8 Å².